The number of phenolic OH excluding ortho intramolecular Hbond substituents is 1. The summed E-state index contributed by atoms with van der Waals surface area (Å²) in [5.74, 6) is -2.92. The second kappa shape index (κ2) is 22.2. The van der Waals surface area contributed by atoms with E-state index < -0.39 is 95.8 Å². The fraction of sp³-hybridized carbons (Fsp3) is 0.681. The molecule has 2 fully saturated rings. The summed E-state index contributed by atoms with van der Waals surface area (Å²) in [6.45, 7) is 16.0. The summed E-state index contributed by atoms with van der Waals surface area (Å²) in [5.41, 5.74) is -3.00. The van der Waals surface area contributed by atoms with Gasteiger partial charge in [-0.15, -0.1) is 0 Å². The third-order valence-electron chi connectivity index (χ3n) is 13.0. The summed E-state index contributed by atoms with van der Waals surface area (Å²) >= 11 is 0. The first-order valence-corrected chi connectivity index (χ1v) is 22.1. The van der Waals surface area contributed by atoms with Crippen molar-refractivity contribution < 1.29 is 63.2 Å². The molecule has 0 aromatic heterocycles. The number of likely N-dealkylation sites (N-methyl/N-ethyl adjacent to an activating group) is 1. The third-order valence-corrected chi connectivity index (χ3v) is 13.0. The highest BCUT2D eigenvalue weighted by molar-refractivity contribution is 5.73. The van der Waals surface area contributed by atoms with E-state index in [0.29, 0.717) is 13.0 Å². The van der Waals surface area contributed by atoms with Crippen LogP contribution in [0.25, 0.3) is 0 Å². The van der Waals surface area contributed by atoms with Crippen LogP contribution in [0.3, 0.4) is 0 Å². The molecule has 16 heteroatoms. The van der Waals surface area contributed by atoms with Crippen molar-refractivity contribution in [3.05, 3.63) is 65.7 Å². The van der Waals surface area contributed by atoms with Crippen LogP contribution >= 0.6 is 0 Å². The van der Waals surface area contributed by atoms with E-state index in [9.17, 15) is 34.8 Å². The van der Waals surface area contributed by atoms with E-state index >= 15 is 0 Å². The number of esters is 1. The summed E-state index contributed by atoms with van der Waals surface area (Å²) in [6.07, 6.45) is -8.35. The van der Waals surface area contributed by atoms with Crippen LogP contribution in [0.5, 0.6) is 5.75 Å². The largest absolute Gasteiger partial charge is 0.508 e. The smallest absolute Gasteiger partial charge is 0.407 e. The van der Waals surface area contributed by atoms with Gasteiger partial charge in [-0.25, -0.2) is 9.59 Å². The number of nitrogens with zero attached hydrogens (tertiary/aromatic N) is 1. The quantitative estimate of drug-likeness (QED) is 0.129. The van der Waals surface area contributed by atoms with Gasteiger partial charge < -0.3 is 59.5 Å². The first-order chi connectivity index (χ1) is 29.5. The van der Waals surface area contributed by atoms with Gasteiger partial charge in [-0.2, -0.15) is 0 Å². The van der Waals surface area contributed by atoms with Gasteiger partial charge in [0.2, 0.25) is 0 Å². The molecule has 0 spiro atoms. The Morgan fingerprint density at radius 2 is 1.51 bits per heavy atom. The van der Waals surface area contributed by atoms with Gasteiger partial charge in [-0.1, -0.05) is 63.2 Å². The number of amides is 2. The Labute approximate surface area is 372 Å². The van der Waals surface area contributed by atoms with Crippen molar-refractivity contribution in [2.45, 2.75) is 160 Å². The number of ether oxygens (including phenoxy) is 6. The molecule has 14 atom stereocenters. The fourth-order valence-electron chi connectivity index (χ4n) is 9.16. The predicted octanol–water partition coefficient (Wildman–Crippen LogP) is 5.07. The van der Waals surface area contributed by atoms with E-state index in [-0.39, 0.29) is 44.0 Å². The molecule has 2 aromatic carbocycles. The van der Waals surface area contributed by atoms with Gasteiger partial charge in [0.1, 0.15) is 29.7 Å². The van der Waals surface area contributed by atoms with Crippen LogP contribution in [0.2, 0.25) is 0 Å². The summed E-state index contributed by atoms with van der Waals surface area (Å²) < 4.78 is 37.0. The maximum Gasteiger partial charge on any atom is 0.407 e. The molecule has 0 bridgehead atoms. The van der Waals surface area contributed by atoms with Gasteiger partial charge in [0, 0.05) is 45.1 Å². The highest BCUT2D eigenvalue weighted by Crippen LogP contribution is 2.39. The molecular formula is C47H73N3O13. The molecule has 0 aliphatic carbocycles. The van der Waals surface area contributed by atoms with Crippen LogP contribution in [-0.2, 0) is 46.2 Å². The average molecular weight is 888 g/mol. The number of cyclic esters (lactones) is 1. The SMILES string of the molecule is CC[C@H]1OC(=O)[C@H](C)[C@@H](O[C@H]2C[C@@](C)(OC)[C@@H](O)[C@H](C)O2)[C@H](C)[C@@H](OC(=O)NCc2ccccc2)[C@](C)(O)C[C@@H](C)CN(C)[C@H](C)[C@@H](OC(=O)NCCc2ccc(O)cc2)[C@]1(C)O. The fourth-order valence-corrected chi connectivity index (χ4v) is 9.16. The first-order valence-electron chi connectivity index (χ1n) is 22.1. The number of rotatable bonds is 11. The Hall–Kier alpha value is -4.03. The van der Waals surface area contributed by atoms with Crippen molar-refractivity contribution in [1.82, 2.24) is 15.5 Å². The summed E-state index contributed by atoms with van der Waals surface area (Å²) in [7, 11) is 3.29. The molecule has 354 valence electrons. The molecule has 2 saturated heterocycles. The van der Waals surface area contributed by atoms with Crippen molar-refractivity contribution in [3.8, 4) is 5.75 Å². The number of phenols is 1. The lowest BCUT2D eigenvalue weighted by molar-refractivity contribution is -0.299. The number of alkyl carbamates (subject to hydrolysis) is 2. The first kappa shape index (κ1) is 51.6. The van der Waals surface area contributed by atoms with Gasteiger partial charge in [0.25, 0.3) is 0 Å². The third kappa shape index (κ3) is 13.5. The van der Waals surface area contributed by atoms with Crippen LogP contribution in [0, 0.1) is 17.8 Å². The monoisotopic (exact) mass is 888 g/mol. The molecule has 2 aliphatic rings. The Bertz CT molecular complexity index is 1760. The second-order valence-corrected chi connectivity index (χ2v) is 18.4. The molecule has 4 rings (SSSR count). The summed E-state index contributed by atoms with van der Waals surface area (Å²) in [5, 5.41) is 51.1. The lowest BCUT2D eigenvalue weighted by atomic mass is 9.78. The van der Waals surface area contributed by atoms with Gasteiger partial charge in [0.05, 0.1) is 29.3 Å². The predicted molar refractivity (Wildman–Crippen MR) is 234 cm³/mol. The minimum atomic E-state index is -1.93. The Morgan fingerprint density at radius 3 is 2.13 bits per heavy atom. The van der Waals surface area contributed by atoms with E-state index in [0.717, 1.165) is 11.1 Å². The lowest BCUT2D eigenvalue weighted by Gasteiger charge is -2.47. The standard InChI is InChI=1S/C47H73N3O13/c1-12-36-47(9,57)41(63-43(54)48-23-22-33-18-20-35(51)21-19-33)31(5)50(10)27-28(2)24-45(7,56)40(62-44(55)49-26-34-16-14-13-15-17-34)29(3)38(30(4)42(53)60-36)61-37-25-46(8,58-11)39(52)32(6)59-37/h13-21,28-32,36-41,51-52,56-57H,12,22-27H2,1-11H3,(H,48,54)(H,49,55)/t28-,29+,30-,31-,32+,36-,37+,38+,39+,40-,41-,45-,46-,47-/m1/s1. The maximum absolute atomic E-state index is 14.5. The minimum Gasteiger partial charge on any atom is -0.508 e. The van der Waals surface area contributed by atoms with Gasteiger partial charge in [-0.05, 0) is 97.0 Å². The molecule has 2 heterocycles. The van der Waals surface area contributed by atoms with E-state index in [1.807, 2.05) is 49.2 Å². The Balaban J connectivity index is 1.72. The number of carbonyl (C=O) groups is 3. The van der Waals surface area contributed by atoms with Crippen LogP contribution in [-0.4, -0.2) is 136 Å². The van der Waals surface area contributed by atoms with Crippen LogP contribution in [0.1, 0.15) is 92.7 Å². The van der Waals surface area contributed by atoms with Gasteiger partial charge in [0.15, 0.2) is 12.4 Å². The number of aliphatic hydroxyl groups excluding tert-OH is 1. The van der Waals surface area contributed by atoms with Gasteiger partial charge >= 0.3 is 18.2 Å². The van der Waals surface area contributed by atoms with Crippen LogP contribution in [0.15, 0.2) is 54.6 Å². The maximum atomic E-state index is 14.5. The van der Waals surface area contributed by atoms with Crippen LogP contribution in [0.4, 0.5) is 9.59 Å². The highest BCUT2D eigenvalue weighted by atomic mass is 16.7. The molecule has 2 amide bonds. The van der Waals surface area contributed by atoms with Crippen molar-refractivity contribution in [2.75, 3.05) is 27.2 Å². The molecule has 16 nitrogen and oxygen atoms in total. The summed E-state index contributed by atoms with van der Waals surface area (Å²) in [4.78, 5) is 43.6. The molecule has 6 N–H and O–H groups in total. The molecular weight excluding hydrogens is 815 g/mol. The number of benzene rings is 2. The minimum absolute atomic E-state index is 0.0725. The molecule has 2 aromatic rings. The van der Waals surface area contributed by atoms with E-state index in [1.54, 1.807) is 72.7 Å². The molecule has 0 unspecified atom stereocenters. The van der Waals surface area contributed by atoms with Crippen LogP contribution < -0.4 is 10.6 Å². The van der Waals surface area contributed by atoms with Gasteiger partial charge in [-0.3, -0.25) is 9.69 Å². The number of carbonyl (C=O) groups excluding carboxylic acids is 3. The topological polar surface area (TPSA) is 215 Å². The normalized spacial score (nSPS) is 36.2. The molecule has 63 heavy (non-hydrogen) atoms. The number of nitrogens with one attached hydrogen (secondary N) is 2. The zero-order valence-corrected chi connectivity index (χ0v) is 38.9. The number of methoxy groups -OCH3 is 1. The Morgan fingerprint density at radius 1 is 0.889 bits per heavy atom. The van der Waals surface area contributed by atoms with Crippen molar-refractivity contribution in [2.24, 2.45) is 17.8 Å². The molecule has 0 radical (unpaired) electrons. The van der Waals surface area contributed by atoms with E-state index in [2.05, 4.69) is 10.6 Å². The van der Waals surface area contributed by atoms with E-state index in [1.165, 1.54) is 14.0 Å². The number of aliphatic hydroxyl groups is 3. The molecule has 0 saturated carbocycles. The van der Waals surface area contributed by atoms with Crippen molar-refractivity contribution in [3.63, 3.8) is 0 Å². The van der Waals surface area contributed by atoms with Crippen molar-refractivity contribution >= 4 is 18.2 Å². The highest BCUT2D eigenvalue weighted by Gasteiger charge is 2.52. The van der Waals surface area contributed by atoms with Crippen molar-refractivity contribution in [1.29, 1.82) is 0 Å². The summed E-state index contributed by atoms with van der Waals surface area (Å²) in [6, 6.07) is 15.3. The van der Waals surface area contributed by atoms with E-state index in [4.69, 9.17) is 28.4 Å². The number of hydrogen-bond donors (Lipinski definition) is 6. The second-order valence-electron chi connectivity index (χ2n) is 18.4. The Kier molecular flexibility index (Phi) is 18.2. The number of hydrogen-bond acceptors (Lipinski definition) is 14. The molecule has 2 aliphatic heterocycles. The zero-order valence-electron chi connectivity index (χ0n) is 38.9. The number of aromatic hydroxyl groups is 1. The zero-order chi connectivity index (χ0) is 46.9. The average Bonchev–Trinajstić information content (AvgIpc) is 3.23. The lowest BCUT2D eigenvalue weighted by Crippen LogP contribution is -2.61.